The number of aromatic nitrogens is 2. The van der Waals surface area contributed by atoms with Crippen molar-refractivity contribution < 1.29 is 19.4 Å². The number of aromatic amines is 1. The van der Waals surface area contributed by atoms with Gasteiger partial charge in [0.15, 0.2) is 0 Å². The number of ether oxygens (including phenoxy) is 2. The normalized spacial score (nSPS) is 19.5. The van der Waals surface area contributed by atoms with E-state index in [1.54, 1.807) is 13.0 Å². The number of nitrogens with one attached hydrogen (secondary N) is 3. The number of urea groups is 1. The number of rotatable bonds is 7. The third-order valence-corrected chi connectivity index (χ3v) is 5.46. The molecule has 10 nitrogen and oxygen atoms in total. The van der Waals surface area contributed by atoms with Crippen LogP contribution < -0.4 is 26.6 Å². The van der Waals surface area contributed by atoms with Gasteiger partial charge in [-0.1, -0.05) is 30.3 Å². The molecule has 10 heteroatoms. The van der Waals surface area contributed by atoms with Crippen LogP contribution in [0, 0.1) is 6.92 Å². The highest BCUT2D eigenvalue weighted by molar-refractivity contribution is 5.89. The Hall–Kier alpha value is -3.89. The molecule has 0 saturated carbocycles. The first-order valence-corrected chi connectivity index (χ1v) is 10.9. The van der Waals surface area contributed by atoms with Gasteiger partial charge in [-0.05, 0) is 36.8 Å². The smallest absolute Gasteiger partial charge is 0.330 e. The Bertz CT molecular complexity index is 1260. The van der Waals surface area contributed by atoms with Gasteiger partial charge in [-0.3, -0.25) is 14.3 Å². The van der Waals surface area contributed by atoms with Crippen LogP contribution >= 0.6 is 0 Å². The summed E-state index contributed by atoms with van der Waals surface area (Å²) >= 11 is 0. The Morgan fingerprint density at radius 3 is 2.79 bits per heavy atom. The number of benzene rings is 2. The van der Waals surface area contributed by atoms with E-state index in [0.29, 0.717) is 17.9 Å². The molecule has 1 saturated heterocycles. The number of aliphatic hydroxyl groups excluding tert-OH is 1. The average Bonchev–Trinajstić information content (AvgIpc) is 3.20. The van der Waals surface area contributed by atoms with Crippen molar-refractivity contribution in [3.05, 3.63) is 92.8 Å². The topological polar surface area (TPSA) is 135 Å². The Labute approximate surface area is 195 Å². The van der Waals surface area contributed by atoms with E-state index in [9.17, 15) is 19.5 Å². The van der Waals surface area contributed by atoms with Gasteiger partial charge >= 0.3 is 11.7 Å². The lowest BCUT2D eigenvalue weighted by Crippen LogP contribution is -2.39. The maximum atomic E-state index is 12.4. The molecule has 0 spiro atoms. The molecule has 178 valence electrons. The Morgan fingerprint density at radius 2 is 2.00 bits per heavy atom. The summed E-state index contributed by atoms with van der Waals surface area (Å²) in [5.74, 6) is 0.756. The second kappa shape index (κ2) is 10.4. The molecular formula is C24H26N4O6. The molecule has 1 aliphatic heterocycles. The van der Waals surface area contributed by atoms with Crippen molar-refractivity contribution in [3.8, 4) is 5.75 Å². The van der Waals surface area contributed by atoms with Crippen molar-refractivity contribution in [2.75, 3.05) is 11.9 Å². The molecule has 1 fully saturated rings. The second-order valence-electron chi connectivity index (χ2n) is 8.05. The van der Waals surface area contributed by atoms with E-state index in [4.69, 9.17) is 9.47 Å². The second-order valence-corrected chi connectivity index (χ2v) is 8.05. The molecule has 1 aliphatic rings. The highest BCUT2D eigenvalue weighted by Crippen LogP contribution is 2.27. The molecular weight excluding hydrogens is 440 g/mol. The zero-order valence-corrected chi connectivity index (χ0v) is 18.6. The third-order valence-electron chi connectivity index (χ3n) is 5.46. The number of nitrogens with zero attached hydrogens (tertiary/aromatic N) is 1. The fourth-order valence-electron chi connectivity index (χ4n) is 3.66. The maximum Gasteiger partial charge on any atom is 0.330 e. The average molecular weight is 466 g/mol. The van der Waals surface area contributed by atoms with Gasteiger partial charge in [0.25, 0.3) is 5.56 Å². The number of carbonyl (C=O) groups is 1. The zero-order chi connectivity index (χ0) is 24.1. The predicted molar refractivity (Wildman–Crippen MR) is 125 cm³/mol. The standard InChI is InChI=1S/C24H26N4O6/c1-15-13-28(24(32)27-22(15)30)21-11-19(29)20(34-21)12-25-23(31)26-17-7-5-6-16(10-17)14-33-18-8-3-2-4-9-18/h2-10,13,19-21,29H,11-12,14H2,1H3,(H2,25,26,31)(H,27,30,32)/t19-,20+,21+/m0/s1. The number of para-hydroxylation sites is 1. The van der Waals surface area contributed by atoms with Crippen molar-refractivity contribution >= 4 is 11.7 Å². The molecule has 3 atom stereocenters. The summed E-state index contributed by atoms with van der Waals surface area (Å²) in [5, 5.41) is 15.8. The first kappa shape index (κ1) is 23.3. The maximum absolute atomic E-state index is 12.4. The van der Waals surface area contributed by atoms with Gasteiger partial charge in [0.2, 0.25) is 0 Å². The number of amides is 2. The number of anilines is 1. The minimum Gasteiger partial charge on any atom is -0.489 e. The number of carbonyl (C=O) groups excluding carboxylic acids is 1. The molecule has 0 unspecified atom stereocenters. The van der Waals surface area contributed by atoms with Crippen LogP contribution in [0.15, 0.2) is 70.4 Å². The van der Waals surface area contributed by atoms with Crippen LogP contribution in [-0.2, 0) is 11.3 Å². The minimum absolute atomic E-state index is 0.0391. The Kier molecular flexibility index (Phi) is 7.09. The highest BCUT2D eigenvalue weighted by Gasteiger charge is 2.35. The Morgan fingerprint density at radius 1 is 1.21 bits per heavy atom. The van der Waals surface area contributed by atoms with Crippen LogP contribution in [0.4, 0.5) is 10.5 Å². The van der Waals surface area contributed by atoms with Gasteiger partial charge in [0.05, 0.1) is 6.10 Å². The lowest BCUT2D eigenvalue weighted by atomic mass is 10.2. The number of H-pyrrole nitrogens is 1. The van der Waals surface area contributed by atoms with Crippen molar-refractivity contribution in [1.82, 2.24) is 14.9 Å². The van der Waals surface area contributed by atoms with Crippen LogP contribution in [0.3, 0.4) is 0 Å². The van der Waals surface area contributed by atoms with Crippen LogP contribution in [0.25, 0.3) is 0 Å². The quantitative estimate of drug-likeness (QED) is 0.420. The zero-order valence-electron chi connectivity index (χ0n) is 18.6. The number of aryl methyl sites for hydroxylation is 1. The summed E-state index contributed by atoms with van der Waals surface area (Å²) in [6, 6.07) is 16.3. The van der Waals surface area contributed by atoms with E-state index >= 15 is 0 Å². The van der Waals surface area contributed by atoms with E-state index in [1.165, 1.54) is 10.8 Å². The first-order valence-electron chi connectivity index (χ1n) is 10.9. The molecule has 1 aromatic heterocycles. The fourth-order valence-corrected chi connectivity index (χ4v) is 3.66. The van der Waals surface area contributed by atoms with Crippen LogP contribution in [0.5, 0.6) is 5.75 Å². The van der Waals surface area contributed by atoms with Crippen LogP contribution in [-0.4, -0.2) is 39.4 Å². The number of aliphatic hydroxyl groups is 1. The molecule has 2 aromatic carbocycles. The molecule has 3 aromatic rings. The van der Waals surface area contributed by atoms with E-state index in [1.807, 2.05) is 48.5 Å². The summed E-state index contributed by atoms with van der Waals surface area (Å²) in [5.41, 5.74) is 0.754. The summed E-state index contributed by atoms with van der Waals surface area (Å²) in [6.45, 7) is 1.97. The molecule has 2 amide bonds. The fraction of sp³-hybridized carbons (Fsp3) is 0.292. The van der Waals surface area contributed by atoms with E-state index in [2.05, 4.69) is 15.6 Å². The molecule has 4 rings (SSSR count). The van der Waals surface area contributed by atoms with Gasteiger partial charge < -0.3 is 25.2 Å². The van der Waals surface area contributed by atoms with Crippen LogP contribution in [0.2, 0.25) is 0 Å². The number of hydrogen-bond donors (Lipinski definition) is 4. The van der Waals surface area contributed by atoms with Gasteiger partial charge in [0, 0.05) is 30.4 Å². The van der Waals surface area contributed by atoms with E-state index < -0.39 is 35.7 Å². The predicted octanol–water partition coefficient (Wildman–Crippen LogP) is 1.89. The molecule has 0 aliphatic carbocycles. The Balaban J connectivity index is 1.29. The van der Waals surface area contributed by atoms with Gasteiger partial charge in [-0.25, -0.2) is 9.59 Å². The molecule has 34 heavy (non-hydrogen) atoms. The SMILES string of the molecule is Cc1cn([C@H]2C[C@H](O)[C@@H](CNC(=O)Nc3cccc(COc4ccccc4)c3)O2)c(=O)[nH]c1=O. The molecule has 0 bridgehead atoms. The molecule has 4 N–H and O–H groups in total. The van der Waals surface area contributed by atoms with Crippen molar-refractivity contribution in [3.63, 3.8) is 0 Å². The van der Waals surface area contributed by atoms with Gasteiger partial charge in [0.1, 0.15) is 24.7 Å². The minimum atomic E-state index is -0.886. The lowest BCUT2D eigenvalue weighted by Gasteiger charge is -2.17. The summed E-state index contributed by atoms with van der Waals surface area (Å²) < 4.78 is 12.7. The van der Waals surface area contributed by atoms with Crippen molar-refractivity contribution in [2.45, 2.75) is 38.4 Å². The third kappa shape index (κ3) is 5.72. The highest BCUT2D eigenvalue weighted by atomic mass is 16.5. The number of hydrogen-bond acceptors (Lipinski definition) is 6. The van der Waals surface area contributed by atoms with Crippen LogP contribution in [0.1, 0.15) is 23.8 Å². The van der Waals surface area contributed by atoms with E-state index in [0.717, 1.165) is 11.3 Å². The van der Waals surface area contributed by atoms with Crippen molar-refractivity contribution in [1.29, 1.82) is 0 Å². The van der Waals surface area contributed by atoms with Gasteiger partial charge in [-0.15, -0.1) is 0 Å². The summed E-state index contributed by atoms with van der Waals surface area (Å²) in [6.07, 6.45) is -0.782. The monoisotopic (exact) mass is 466 g/mol. The molecule has 2 heterocycles. The van der Waals surface area contributed by atoms with E-state index in [-0.39, 0.29) is 13.0 Å². The summed E-state index contributed by atoms with van der Waals surface area (Å²) in [4.78, 5) is 38.2. The summed E-state index contributed by atoms with van der Waals surface area (Å²) in [7, 11) is 0. The lowest BCUT2D eigenvalue weighted by molar-refractivity contribution is -0.0178. The van der Waals surface area contributed by atoms with Crippen molar-refractivity contribution in [2.24, 2.45) is 0 Å². The molecule has 0 radical (unpaired) electrons. The van der Waals surface area contributed by atoms with Gasteiger partial charge in [-0.2, -0.15) is 0 Å². The first-order chi connectivity index (χ1) is 16.4. The largest absolute Gasteiger partial charge is 0.489 e.